The molecule has 5 nitrogen and oxygen atoms in total. The van der Waals surface area contributed by atoms with Crippen molar-refractivity contribution in [3.63, 3.8) is 0 Å². The summed E-state index contributed by atoms with van der Waals surface area (Å²) >= 11 is 0. The van der Waals surface area contributed by atoms with Crippen molar-refractivity contribution in [1.82, 2.24) is 0 Å². The lowest BCUT2D eigenvalue weighted by Crippen LogP contribution is -2.12. The summed E-state index contributed by atoms with van der Waals surface area (Å²) in [5.74, 6) is -1.02. The molecule has 130 valence electrons. The number of hydrogen-bond acceptors (Lipinski definition) is 4. The molecule has 0 aliphatic heterocycles. The summed E-state index contributed by atoms with van der Waals surface area (Å²) < 4.78 is 33.1. The largest absolute Gasteiger partial charge is 0.449 e. The van der Waals surface area contributed by atoms with Crippen LogP contribution in [0, 0.1) is 0 Å². The molecule has 0 heterocycles. The Hall–Kier alpha value is -0.880. The summed E-state index contributed by atoms with van der Waals surface area (Å²) in [4.78, 5) is 11.2. The van der Waals surface area contributed by atoms with Crippen molar-refractivity contribution in [2.24, 2.45) is 0 Å². The van der Waals surface area contributed by atoms with Crippen LogP contribution < -0.4 is 0 Å². The molecule has 0 aromatic carbocycles. The summed E-state index contributed by atoms with van der Waals surface area (Å²) in [6.07, 6.45) is 14.8. The minimum atomic E-state index is -4.71. The monoisotopic (exact) mass is 334 g/mol. The van der Waals surface area contributed by atoms with E-state index < -0.39 is 16.4 Å². The van der Waals surface area contributed by atoms with Gasteiger partial charge in [0.2, 0.25) is 0 Å². The van der Waals surface area contributed by atoms with E-state index in [1.807, 2.05) is 0 Å². The number of allylic oxidation sites excluding steroid dienone is 1. The zero-order valence-electron chi connectivity index (χ0n) is 13.8. The minimum Gasteiger partial charge on any atom is -0.321 e. The first-order chi connectivity index (χ1) is 10.4. The van der Waals surface area contributed by atoms with E-state index in [4.69, 9.17) is 4.55 Å². The summed E-state index contributed by atoms with van der Waals surface area (Å²) in [5, 5.41) is 0. The van der Waals surface area contributed by atoms with Crippen LogP contribution in [0.4, 0.5) is 0 Å². The molecule has 22 heavy (non-hydrogen) atoms. The van der Waals surface area contributed by atoms with E-state index in [2.05, 4.69) is 11.1 Å². The molecule has 0 aromatic heterocycles. The maximum atomic E-state index is 11.2. The van der Waals surface area contributed by atoms with E-state index in [0.29, 0.717) is 6.42 Å². The Bertz CT molecular complexity index is 426. The van der Waals surface area contributed by atoms with Crippen LogP contribution in [0.5, 0.6) is 0 Å². The molecule has 6 heteroatoms. The Morgan fingerprint density at radius 3 is 1.86 bits per heavy atom. The predicted octanol–water partition coefficient (Wildman–Crippen LogP) is 4.59. The molecule has 0 aromatic rings. The summed E-state index contributed by atoms with van der Waals surface area (Å²) in [6.45, 7) is 3.70. The van der Waals surface area contributed by atoms with Gasteiger partial charge < -0.3 is 4.18 Å². The van der Waals surface area contributed by atoms with Gasteiger partial charge in [0, 0.05) is 5.57 Å². The molecule has 0 atom stereocenters. The highest BCUT2D eigenvalue weighted by molar-refractivity contribution is 7.81. The van der Waals surface area contributed by atoms with Gasteiger partial charge in [0.1, 0.15) is 0 Å². The first-order valence-corrected chi connectivity index (χ1v) is 9.61. The third kappa shape index (κ3) is 14.1. The first kappa shape index (κ1) is 21.1. The van der Waals surface area contributed by atoms with Crippen molar-refractivity contribution in [2.45, 2.75) is 84.5 Å². The third-order valence-electron chi connectivity index (χ3n) is 3.51. The number of carbonyl (C=O) groups is 1. The van der Waals surface area contributed by atoms with Gasteiger partial charge in [0.15, 0.2) is 0 Å². The van der Waals surface area contributed by atoms with Crippen molar-refractivity contribution in [2.75, 3.05) is 0 Å². The molecule has 0 spiro atoms. The van der Waals surface area contributed by atoms with Gasteiger partial charge in [-0.2, -0.15) is 8.42 Å². The number of unbranched alkanes of at least 4 members (excludes halogenated alkanes) is 10. The highest BCUT2D eigenvalue weighted by atomic mass is 32.3. The quantitative estimate of drug-likeness (QED) is 0.303. The van der Waals surface area contributed by atoms with Crippen LogP contribution in [0.2, 0.25) is 0 Å². The first-order valence-electron chi connectivity index (χ1n) is 8.24. The smallest absolute Gasteiger partial charge is 0.321 e. The Morgan fingerprint density at radius 2 is 1.41 bits per heavy atom. The molecule has 0 aliphatic carbocycles. The molecule has 0 radical (unpaired) electrons. The van der Waals surface area contributed by atoms with E-state index >= 15 is 0 Å². The topological polar surface area (TPSA) is 80.7 Å². The number of hydrogen-bond donors (Lipinski definition) is 1. The molecule has 0 fully saturated rings. The Morgan fingerprint density at radius 1 is 0.955 bits per heavy atom. The van der Waals surface area contributed by atoms with E-state index in [0.717, 1.165) is 12.8 Å². The molecule has 0 bridgehead atoms. The summed E-state index contributed by atoms with van der Waals surface area (Å²) in [7, 11) is -4.71. The Balaban J connectivity index is 3.55. The SMILES string of the molecule is CCCCCCCCCCCCC=C(C)C(=O)OS(=O)(=O)O. The van der Waals surface area contributed by atoms with Crippen LogP contribution in [0.1, 0.15) is 84.5 Å². The van der Waals surface area contributed by atoms with Gasteiger partial charge in [-0.05, 0) is 19.8 Å². The average molecular weight is 334 g/mol. The van der Waals surface area contributed by atoms with Crippen molar-refractivity contribution in [1.29, 1.82) is 0 Å². The van der Waals surface area contributed by atoms with Crippen LogP contribution in [0.25, 0.3) is 0 Å². The number of rotatable bonds is 13. The maximum Gasteiger partial charge on any atom is 0.449 e. The van der Waals surface area contributed by atoms with E-state index in [1.165, 1.54) is 58.3 Å². The number of carbonyl (C=O) groups excluding carboxylic acids is 1. The molecule has 1 N–H and O–H groups in total. The molecule has 0 aliphatic rings. The van der Waals surface area contributed by atoms with Gasteiger partial charge in [-0.25, -0.2) is 4.79 Å². The standard InChI is InChI=1S/C16H30O5S/c1-3-4-5-6-7-8-9-10-11-12-13-14-15(2)16(17)21-22(18,19)20/h14H,3-13H2,1-2H3,(H,18,19,20). The molecular weight excluding hydrogens is 304 g/mol. The molecule has 0 saturated heterocycles. The zero-order chi connectivity index (χ0) is 16.8. The second-order valence-corrected chi connectivity index (χ2v) is 6.68. The van der Waals surface area contributed by atoms with Gasteiger partial charge in [0.05, 0.1) is 0 Å². The Labute approximate surface area is 135 Å². The van der Waals surface area contributed by atoms with Crippen LogP contribution in [-0.4, -0.2) is 18.9 Å². The fourth-order valence-electron chi connectivity index (χ4n) is 2.20. The second kappa shape index (κ2) is 12.6. The predicted molar refractivity (Wildman–Crippen MR) is 87.9 cm³/mol. The molecular formula is C16H30O5S. The van der Waals surface area contributed by atoms with Gasteiger partial charge >= 0.3 is 16.4 Å². The fourth-order valence-corrected chi connectivity index (χ4v) is 2.52. The third-order valence-corrected chi connectivity index (χ3v) is 3.87. The lowest BCUT2D eigenvalue weighted by molar-refractivity contribution is -0.130. The summed E-state index contributed by atoms with van der Waals surface area (Å²) in [6, 6.07) is 0. The van der Waals surface area contributed by atoms with Gasteiger partial charge in [-0.3, -0.25) is 4.55 Å². The normalized spacial score (nSPS) is 12.4. The van der Waals surface area contributed by atoms with Gasteiger partial charge in [-0.1, -0.05) is 70.8 Å². The average Bonchev–Trinajstić information content (AvgIpc) is 2.42. The molecule has 0 amide bonds. The second-order valence-electron chi connectivity index (χ2n) is 5.66. The van der Waals surface area contributed by atoms with Gasteiger partial charge in [-0.15, -0.1) is 0 Å². The summed E-state index contributed by atoms with van der Waals surface area (Å²) in [5.41, 5.74) is 0.202. The van der Waals surface area contributed by atoms with E-state index in [9.17, 15) is 13.2 Å². The Kier molecular flexibility index (Phi) is 12.1. The fraction of sp³-hybridized carbons (Fsp3) is 0.812. The van der Waals surface area contributed by atoms with E-state index in [-0.39, 0.29) is 5.57 Å². The highest BCUT2D eigenvalue weighted by Gasteiger charge is 2.14. The van der Waals surface area contributed by atoms with Gasteiger partial charge in [0.25, 0.3) is 0 Å². The van der Waals surface area contributed by atoms with Crippen molar-refractivity contribution in [3.8, 4) is 0 Å². The lowest BCUT2D eigenvalue weighted by atomic mass is 10.1. The van der Waals surface area contributed by atoms with Crippen molar-refractivity contribution >= 4 is 16.4 Å². The highest BCUT2D eigenvalue weighted by Crippen LogP contribution is 2.12. The lowest BCUT2D eigenvalue weighted by Gasteiger charge is -2.02. The van der Waals surface area contributed by atoms with Crippen LogP contribution in [0.15, 0.2) is 11.6 Å². The van der Waals surface area contributed by atoms with E-state index in [1.54, 1.807) is 6.08 Å². The zero-order valence-corrected chi connectivity index (χ0v) is 14.7. The minimum absolute atomic E-state index is 0.202. The van der Waals surface area contributed by atoms with Crippen LogP contribution in [-0.2, 0) is 19.4 Å². The molecule has 0 saturated carbocycles. The van der Waals surface area contributed by atoms with Crippen LogP contribution >= 0.6 is 0 Å². The maximum absolute atomic E-state index is 11.2. The van der Waals surface area contributed by atoms with Crippen molar-refractivity contribution in [3.05, 3.63) is 11.6 Å². The van der Waals surface area contributed by atoms with Crippen LogP contribution in [0.3, 0.4) is 0 Å². The van der Waals surface area contributed by atoms with Crippen molar-refractivity contribution < 1.29 is 21.9 Å². The molecule has 0 rings (SSSR count). The molecule has 0 unspecified atom stereocenters.